The summed E-state index contributed by atoms with van der Waals surface area (Å²) in [4.78, 5) is 10.9. The zero-order chi connectivity index (χ0) is 15.1. The van der Waals surface area contributed by atoms with Crippen LogP contribution in [0.3, 0.4) is 0 Å². The summed E-state index contributed by atoms with van der Waals surface area (Å²) >= 11 is 0. The third-order valence-corrected chi connectivity index (χ3v) is 3.03. The first-order valence-corrected chi connectivity index (χ1v) is 7.20. The van der Waals surface area contributed by atoms with Crippen LogP contribution in [0.2, 0.25) is 0 Å². The van der Waals surface area contributed by atoms with Gasteiger partial charge in [-0.1, -0.05) is 30.3 Å². The summed E-state index contributed by atoms with van der Waals surface area (Å²) in [7, 11) is 0. The molecule has 0 aliphatic carbocycles. The average Bonchev–Trinajstić information content (AvgIpc) is 2.48. The van der Waals surface area contributed by atoms with Gasteiger partial charge in [0.2, 0.25) is 5.88 Å². The minimum absolute atomic E-state index is 0.569. The molecule has 0 bridgehead atoms. The molecule has 0 amide bonds. The van der Waals surface area contributed by atoms with E-state index in [0.717, 1.165) is 18.9 Å². The molecule has 0 atom stereocenters. The minimum Gasteiger partial charge on any atom is -0.478 e. The van der Waals surface area contributed by atoms with Crippen LogP contribution >= 0.6 is 0 Å². The van der Waals surface area contributed by atoms with Gasteiger partial charge in [-0.2, -0.15) is 4.98 Å². The molecule has 0 radical (unpaired) electrons. The first kappa shape index (κ1) is 15.3. The summed E-state index contributed by atoms with van der Waals surface area (Å²) in [5.41, 5.74) is 6.96. The number of hydrogen-bond donors (Lipinski definition) is 1. The van der Waals surface area contributed by atoms with E-state index in [1.54, 1.807) is 0 Å². The molecule has 0 saturated carbocycles. The molecule has 1 heterocycles. The fourth-order valence-corrected chi connectivity index (χ4v) is 2.14. The van der Waals surface area contributed by atoms with Crippen LogP contribution < -0.4 is 15.4 Å². The second-order valence-electron chi connectivity index (χ2n) is 4.74. The number of benzene rings is 1. The molecule has 0 saturated heterocycles. The van der Waals surface area contributed by atoms with Gasteiger partial charge in [0.15, 0.2) is 0 Å². The molecular formula is C16H22N4O. The maximum absolute atomic E-state index is 5.74. The van der Waals surface area contributed by atoms with Gasteiger partial charge in [-0.3, -0.25) is 0 Å². The van der Waals surface area contributed by atoms with Crippen LogP contribution in [0.25, 0.3) is 0 Å². The Morgan fingerprint density at radius 1 is 1.19 bits per heavy atom. The Kier molecular flexibility index (Phi) is 5.51. The fraction of sp³-hybridized carbons (Fsp3) is 0.375. The van der Waals surface area contributed by atoms with Crippen LogP contribution in [0.1, 0.15) is 18.3 Å². The summed E-state index contributed by atoms with van der Waals surface area (Å²) in [6, 6.07) is 12.1. The second kappa shape index (κ2) is 7.59. The van der Waals surface area contributed by atoms with Crippen molar-refractivity contribution in [1.82, 2.24) is 9.97 Å². The van der Waals surface area contributed by atoms with E-state index in [2.05, 4.69) is 27.0 Å². The molecule has 0 fully saturated rings. The lowest BCUT2D eigenvalue weighted by atomic mass is 10.2. The van der Waals surface area contributed by atoms with Gasteiger partial charge in [-0.05, 0) is 19.4 Å². The Balaban J connectivity index is 2.24. The Hall–Kier alpha value is -2.14. The second-order valence-corrected chi connectivity index (χ2v) is 4.74. The monoisotopic (exact) mass is 286 g/mol. The molecule has 2 N–H and O–H groups in total. The highest BCUT2D eigenvalue weighted by Crippen LogP contribution is 2.19. The van der Waals surface area contributed by atoms with E-state index in [4.69, 9.17) is 10.5 Å². The summed E-state index contributed by atoms with van der Waals surface area (Å²) in [5.74, 6) is 2.15. The van der Waals surface area contributed by atoms with Crippen molar-refractivity contribution in [3.05, 3.63) is 47.8 Å². The Morgan fingerprint density at radius 3 is 2.62 bits per heavy atom. The van der Waals surface area contributed by atoms with Gasteiger partial charge >= 0.3 is 0 Å². The quantitative estimate of drug-likeness (QED) is 0.845. The molecule has 5 nitrogen and oxygen atoms in total. The number of nitrogens with zero attached hydrogens (tertiary/aromatic N) is 3. The van der Waals surface area contributed by atoms with Crippen LogP contribution in [-0.4, -0.2) is 29.7 Å². The zero-order valence-electron chi connectivity index (χ0n) is 12.6. The highest BCUT2D eigenvalue weighted by Gasteiger charge is 2.11. The summed E-state index contributed by atoms with van der Waals surface area (Å²) < 4.78 is 5.50. The molecule has 112 valence electrons. The lowest BCUT2D eigenvalue weighted by Crippen LogP contribution is -2.30. The van der Waals surface area contributed by atoms with Crippen molar-refractivity contribution >= 4 is 5.82 Å². The van der Waals surface area contributed by atoms with Gasteiger partial charge < -0.3 is 15.4 Å². The Bertz CT molecular complexity index is 559. The van der Waals surface area contributed by atoms with Crippen LogP contribution in [0.4, 0.5) is 5.82 Å². The highest BCUT2D eigenvalue weighted by molar-refractivity contribution is 5.42. The van der Waals surface area contributed by atoms with Gasteiger partial charge in [-0.25, -0.2) is 4.98 Å². The van der Waals surface area contributed by atoms with Crippen molar-refractivity contribution in [2.24, 2.45) is 5.73 Å². The van der Waals surface area contributed by atoms with E-state index in [9.17, 15) is 0 Å². The minimum atomic E-state index is 0.569. The van der Waals surface area contributed by atoms with Gasteiger partial charge in [0, 0.05) is 25.7 Å². The Labute approximate surface area is 125 Å². The lowest BCUT2D eigenvalue weighted by molar-refractivity contribution is 0.325. The first-order chi connectivity index (χ1) is 10.2. The first-order valence-electron chi connectivity index (χ1n) is 7.20. The zero-order valence-corrected chi connectivity index (χ0v) is 12.6. The molecule has 2 aromatic rings. The highest BCUT2D eigenvalue weighted by atomic mass is 16.5. The number of aromatic nitrogens is 2. The standard InChI is InChI=1S/C16H22N4O/c1-3-21-16-11-15(18-13(2)19-16)20(10-9-17)12-14-7-5-4-6-8-14/h4-8,11H,3,9-10,12,17H2,1-2H3. The molecule has 21 heavy (non-hydrogen) atoms. The SMILES string of the molecule is CCOc1cc(N(CCN)Cc2ccccc2)nc(C)n1. The maximum atomic E-state index is 5.74. The maximum Gasteiger partial charge on any atom is 0.218 e. The number of rotatable bonds is 7. The van der Waals surface area contributed by atoms with Crippen molar-refractivity contribution < 1.29 is 4.74 Å². The predicted octanol–water partition coefficient (Wildman–Crippen LogP) is 2.15. The molecular weight excluding hydrogens is 264 g/mol. The van der Waals surface area contributed by atoms with E-state index >= 15 is 0 Å². The van der Waals surface area contributed by atoms with Gasteiger partial charge in [0.25, 0.3) is 0 Å². The van der Waals surface area contributed by atoms with Gasteiger partial charge in [-0.15, -0.1) is 0 Å². The molecule has 0 aliphatic heterocycles. The van der Waals surface area contributed by atoms with Gasteiger partial charge in [0.05, 0.1) is 6.61 Å². The van der Waals surface area contributed by atoms with Crippen molar-refractivity contribution in [1.29, 1.82) is 0 Å². The number of nitrogens with two attached hydrogens (primary N) is 1. The number of hydrogen-bond acceptors (Lipinski definition) is 5. The predicted molar refractivity (Wildman–Crippen MR) is 84.5 cm³/mol. The van der Waals surface area contributed by atoms with E-state index in [0.29, 0.717) is 24.9 Å². The molecule has 1 aromatic carbocycles. The molecule has 2 rings (SSSR count). The van der Waals surface area contributed by atoms with Crippen LogP contribution in [-0.2, 0) is 6.54 Å². The Morgan fingerprint density at radius 2 is 1.95 bits per heavy atom. The van der Waals surface area contributed by atoms with E-state index in [1.807, 2.05) is 38.1 Å². The number of ether oxygens (including phenoxy) is 1. The van der Waals surface area contributed by atoms with Crippen molar-refractivity contribution in [2.45, 2.75) is 20.4 Å². The third-order valence-electron chi connectivity index (χ3n) is 3.03. The molecule has 5 heteroatoms. The third kappa shape index (κ3) is 4.43. The van der Waals surface area contributed by atoms with Crippen molar-refractivity contribution in [3.8, 4) is 5.88 Å². The van der Waals surface area contributed by atoms with Gasteiger partial charge in [0.1, 0.15) is 11.6 Å². The van der Waals surface area contributed by atoms with Crippen molar-refractivity contribution in [2.75, 3.05) is 24.6 Å². The largest absolute Gasteiger partial charge is 0.478 e. The summed E-state index contributed by atoms with van der Waals surface area (Å²) in [5, 5.41) is 0. The van der Waals surface area contributed by atoms with Crippen LogP contribution in [0, 0.1) is 6.92 Å². The molecule has 0 aliphatic rings. The van der Waals surface area contributed by atoms with E-state index < -0.39 is 0 Å². The van der Waals surface area contributed by atoms with E-state index in [-0.39, 0.29) is 0 Å². The van der Waals surface area contributed by atoms with Crippen LogP contribution in [0.15, 0.2) is 36.4 Å². The van der Waals surface area contributed by atoms with Crippen LogP contribution in [0.5, 0.6) is 5.88 Å². The summed E-state index contributed by atoms with van der Waals surface area (Å²) in [6.07, 6.45) is 0. The summed E-state index contributed by atoms with van der Waals surface area (Å²) in [6.45, 7) is 6.47. The molecule has 0 unspecified atom stereocenters. The smallest absolute Gasteiger partial charge is 0.218 e. The lowest BCUT2D eigenvalue weighted by Gasteiger charge is -2.23. The molecule has 1 aromatic heterocycles. The molecule has 0 spiro atoms. The van der Waals surface area contributed by atoms with E-state index in [1.165, 1.54) is 5.56 Å². The average molecular weight is 286 g/mol. The fourth-order valence-electron chi connectivity index (χ4n) is 2.14. The number of anilines is 1. The van der Waals surface area contributed by atoms with Crippen molar-refractivity contribution in [3.63, 3.8) is 0 Å². The normalized spacial score (nSPS) is 10.4. The number of aryl methyl sites for hydroxylation is 1. The topological polar surface area (TPSA) is 64.3 Å².